The van der Waals surface area contributed by atoms with Gasteiger partial charge in [-0.3, -0.25) is 0 Å². The summed E-state index contributed by atoms with van der Waals surface area (Å²) in [6, 6.07) is 88.9. The smallest absolute Gasteiger partial charge is 0.252 e. The number of anilines is 6. The van der Waals surface area contributed by atoms with E-state index in [9.17, 15) is 0 Å². The number of aromatic nitrogens is 1. The molecular weight excluding hydrogens is 1010 g/mol. The summed E-state index contributed by atoms with van der Waals surface area (Å²) in [7, 11) is 0. The molecule has 1 aromatic heterocycles. The van der Waals surface area contributed by atoms with Gasteiger partial charge in [0.15, 0.2) is 0 Å². The molecular formula is C78H66BN3O. The quantitative estimate of drug-likeness (QED) is 0.164. The number of hydrogen-bond donors (Lipinski definition) is 0. The second-order valence-corrected chi connectivity index (χ2v) is 26.1. The van der Waals surface area contributed by atoms with Crippen molar-refractivity contribution >= 4 is 79.0 Å². The van der Waals surface area contributed by atoms with Gasteiger partial charge >= 0.3 is 0 Å². The van der Waals surface area contributed by atoms with E-state index in [1.165, 1.54) is 71.9 Å². The second-order valence-electron chi connectivity index (χ2n) is 26.1. The Kier molecular flexibility index (Phi) is 11.3. The van der Waals surface area contributed by atoms with Crippen molar-refractivity contribution in [1.29, 1.82) is 0 Å². The topological polar surface area (TPSA) is 20.6 Å². The molecule has 3 aliphatic rings. The maximum Gasteiger partial charge on any atom is 0.252 e. The molecule has 0 N–H and O–H groups in total. The average Bonchev–Trinajstić information content (AvgIpc) is 1.51. The highest BCUT2D eigenvalue weighted by atomic mass is 16.5. The lowest BCUT2D eigenvalue weighted by Gasteiger charge is -2.47. The van der Waals surface area contributed by atoms with E-state index >= 15 is 0 Å². The summed E-state index contributed by atoms with van der Waals surface area (Å²) in [4.78, 5) is 5.37. The van der Waals surface area contributed by atoms with Crippen molar-refractivity contribution in [3.63, 3.8) is 0 Å². The number of para-hydroxylation sites is 5. The summed E-state index contributed by atoms with van der Waals surface area (Å²) in [5, 5.41) is 2.48. The Morgan fingerprint density at radius 2 is 0.807 bits per heavy atom. The minimum atomic E-state index is -0.263. The van der Waals surface area contributed by atoms with Crippen molar-refractivity contribution in [2.75, 3.05) is 9.80 Å². The van der Waals surface area contributed by atoms with Crippen LogP contribution in [0.5, 0.6) is 11.5 Å². The zero-order chi connectivity index (χ0) is 56.7. The van der Waals surface area contributed by atoms with E-state index in [2.05, 4.69) is 313 Å². The van der Waals surface area contributed by atoms with Crippen molar-refractivity contribution in [2.45, 2.75) is 78.6 Å². The van der Waals surface area contributed by atoms with Gasteiger partial charge in [0.1, 0.15) is 11.5 Å². The normalized spacial score (nSPS) is 13.4. The van der Waals surface area contributed by atoms with Gasteiger partial charge in [-0.25, -0.2) is 0 Å². The van der Waals surface area contributed by atoms with E-state index in [1.54, 1.807) is 0 Å². The Balaban J connectivity index is 1.15. The highest BCUT2D eigenvalue weighted by Crippen LogP contribution is 2.56. The van der Waals surface area contributed by atoms with E-state index in [0.29, 0.717) is 0 Å². The predicted octanol–water partition coefficient (Wildman–Crippen LogP) is 19.5. The molecule has 0 saturated carbocycles. The summed E-state index contributed by atoms with van der Waals surface area (Å²) in [6.07, 6.45) is 0. The van der Waals surface area contributed by atoms with Crippen molar-refractivity contribution in [2.24, 2.45) is 0 Å². The van der Waals surface area contributed by atoms with E-state index < -0.39 is 0 Å². The van der Waals surface area contributed by atoms with Gasteiger partial charge in [-0.05, 0) is 127 Å². The molecule has 83 heavy (non-hydrogen) atoms. The minimum Gasteiger partial charge on any atom is -0.456 e. The number of nitrogens with zero attached hydrogens (tertiary/aromatic N) is 3. The molecule has 4 heterocycles. The fourth-order valence-corrected chi connectivity index (χ4v) is 13.6. The summed E-state index contributed by atoms with van der Waals surface area (Å²) in [6.45, 7) is 21.0. The van der Waals surface area contributed by atoms with Crippen LogP contribution in [0, 0.1) is 0 Å². The van der Waals surface area contributed by atoms with Gasteiger partial charge in [0, 0.05) is 72.6 Å². The van der Waals surface area contributed by atoms with Crippen LogP contribution in [0.3, 0.4) is 0 Å². The fourth-order valence-electron chi connectivity index (χ4n) is 13.6. The minimum absolute atomic E-state index is 0.124. The first kappa shape index (κ1) is 50.6. The fraction of sp³-hybridized carbons (Fsp3) is 0.154. The Morgan fingerprint density at radius 3 is 1.39 bits per heavy atom. The molecule has 5 heteroatoms. The van der Waals surface area contributed by atoms with Gasteiger partial charge in [0.05, 0.1) is 22.4 Å². The molecule has 11 aromatic carbocycles. The number of hydrogen-bond acceptors (Lipinski definition) is 3. The first-order valence-corrected chi connectivity index (χ1v) is 29.4. The molecule has 12 aromatic rings. The third-order valence-electron chi connectivity index (χ3n) is 17.8. The zero-order valence-corrected chi connectivity index (χ0v) is 48.8. The van der Waals surface area contributed by atoms with Crippen LogP contribution < -0.4 is 30.9 Å². The Bertz CT molecular complexity index is 4500. The lowest BCUT2D eigenvalue weighted by Crippen LogP contribution is -2.62. The molecule has 0 fully saturated rings. The first-order valence-electron chi connectivity index (χ1n) is 29.4. The summed E-state index contributed by atoms with van der Waals surface area (Å²) in [5.41, 5.74) is 26.4. The molecule has 0 saturated heterocycles. The standard InChI is InChI=1S/C78H66BN3O/c1-76(2,3)51-39-42-67-61(43-51)59-31-18-22-37-71(59)83-72-38-23-19-32-60(72)62-44-52(77(4,5)6)45-64-75(62)81(67)69-46-53(78(7,8)9)47-70-73(69)79(64)63-41-40-54(80-65-35-20-16-29-57(65)58-30-17-21-36-66(58)80)48-68(63)82(70)74-55(49-25-12-10-13-26-49)33-24-34-56(74)50-27-14-11-15-28-50/h10-48H,1-9H3. The van der Waals surface area contributed by atoms with Crippen molar-refractivity contribution in [1.82, 2.24) is 4.57 Å². The van der Waals surface area contributed by atoms with Gasteiger partial charge in [0.25, 0.3) is 6.71 Å². The van der Waals surface area contributed by atoms with Crippen LogP contribution in [0.1, 0.15) is 79.0 Å². The molecule has 0 radical (unpaired) electrons. The van der Waals surface area contributed by atoms with E-state index in [4.69, 9.17) is 4.74 Å². The summed E-state index contributed by atoms with van der Waals surface area (Å²) in [5.74, 6) is 1.66. The number of rotatable bonds is 4. The van der Waals surface area contributed by atoms with Gasteiger partial charge in [-0.1, -0.05) is 232 Å². The second kappa shape index (κ2) is 18.6. The van der Waals surface area contributed by atoms with Gasteiger partial charge in [-0.15, -0.1) is 0 Å². The molecule has 402 valence electrons. The van der Waals surface area contributed by atoms with Crippen molar-refractivity contribution in [3.8, 4) is 61.7 Å². The average molecular weight is 1070 g/mol. The monoisotopic (exact) mass is 1070 g/mol. The Morgan fingerprint density at radius 1 is 0.325 bits per heavy atom. The lowest BCUT2D eigenvalue weighted by molar-refractivity contribution is 0.486. The number of fused-ring (bicyclic) bond motifs is 13. The van der Waals surface area contributed by atoms with Crippen molar-refractivity contribution < 1.29 is 4.74 Å². The van der Waals surface area contributed by atoms with Crippen LogP contribution in [0.25, 0.3) is 72.0 Å². The van der Waals surface area contributed by atoms with Crippen LogP contribution in [-0.4, -0.2) is 11.3 Å². The van der Waals surface area contributed by atoms with Crippen LogP contribution in [0.15, 0.2) is 237 Å². The lowest BCUT2D eigenvalue weighted by atomic mass is 9.33. The highest BCUT2D eigenvalue weighted by Gasteiger charge is 2.47. The maximum absolute atomic E-state index is 7.32. The summed E-state index contributed by atoms with van der Waals surface area (Å²) >= 11 is 0. The molecule has 0 unspecified atom stereocenters. The van der Waals surface area contributed by atoms with Gasteiger partial charge in [0.2, 0.25) is 0 Å². The van der Waals surface area contributed by atoms with Gasteiger partial charge < -0.3 is 19.1 Å². The molecule has 3 aliphatic heterocycles. The Labute approximate surface area is 489 Å². The molecule has 0 spiro atoms. The van der Waals surface area contributed by atoms with Crippen LogP contribution in [0.4, 0.5) is 34.1 Å². The SMILES string of the molecule is CC(C)(C)c1ccc2c(c1)-c1ccccc1Oc1ccccc1-c1cc(C(C)(C)C)cc3c1N2c1cc(C(C)(C)C)cc2c1B3c1ccc(-n3c4ccccc4c4ccccc43)cc1N2c1c(-c2ccccc2)cccc1-c1ccccc1. The summed E-state index contributed by atoms with van der Waals surface area (Å²) < 4.78 is 9.81. The van der Waals surface area contributed by atoms with Crippen molar-refractivity contribution in [3.05, 3.63) is 253 Å². The maximum atomic E-state index is 7.32. The first-order chi connectivity index (χ1) is 40.1. The third-order valence-corrected chi connectivity index (χ3v) is 17.8. The molecule has 15 rings (SSSR count). The zero-order valence-electron chi connectivity index (χ0n) is 48.8. The predicted molar refractivity (Wildman–Crippen MR) is 353 cm³/mol. The van der Waals surface area contributed by atoms with Gasteiger partial charge in [-0.2, -0.15) is 0 Å². The number of ether oxygens (including phenoxy) is 1. The van der Waals surface area contributed by atoms with E-state index in [0.717, 1.165) is 78.8 Å². The molecule has 0 bridgehead atoms. The third kappa shape index (κ3) is 8.03. The largest absolute Gasteiger partial charge is 0.456 e. The van der Waals surface area contributed by atoms with E-state index in [-0.39, 0.29) is 23.0 Å². The van der Waals surface area contributed by atoms with Crippen LogP contribution >= 0.6 is 0 Å². The number of benzene rings is 11. The molecule has 4 nitrogen and oxygen atoms in total. The Hall–Kier alpha value is -9.32. The van der Waals surface area contributed by atoms with E-state index in [1.807, 2.05) is 0 Å². The van der Waals surface area contributed by atoms with Crippen LogP contribution in [-0.2, 0) is 16.2 Å². The molecule has 0 atom stereocenters. The molecule has 0 amide bonds. The van der Waals surface area contributed by atoms with Crippen LogP contribution in [0.2, 0.25) is 0 Å². The highest BCUT2D eigenvalue weighted by molar-refractivity contribution is 7.00. The molecule has 0 aliphatic carbocycles.